The average Bonchev–Trinajstić information content (AvgIpc) is 2.95. The molecule has 3 atom stereocenters. The van der Waals surface area contributed by atoms with Gasteiger partial charge >= 0.3 is 55.3 Å². The molecular formula is C30H58NNaO10P+. The second kappa shape index (κ2) is 30.2. The van der Waals surface area contributed by atoms with Gasteiger partial charge in [0.25, 0.3) is 0 Å². The molecule has 0 rings (SSSR count). The van der Waals surface area contributed by atoms with Gasteiger partial charge in [-0.25, -0.2) is 4.57 Å². The molecule has 0 aromatic heterocycles. The molecular weight excluding hydrogens is 588 g/mol. The number of unbranched alkanes of at least 4 members (excludes halogenated alkanes) is 16. The zero-order valence-electron chi connectivity index (χ0n) is 27.1. The molecule has 0 saturated carbocycles. The number of hydrogen-bond donors (Lipinski definition) is 3. The number of phosphoric acid groups is 1. The third kappa shape index (κ3) is 29.9. The number of ether oxygens (including phenoxy) is 2. The smallest absolute Gasteiger partial charge is 0.480 e. The van der Waals surface area contributed by atoms with Crippen LogP contribution in [0, 0.1) is 0 Å². The van der Waals surface area contributed by atoms with Gasteiger partial charge in [0.2, 0.25) is 0 Å². The number of carbonyl (C=O) groups is 3. The molecule has 0 aliphatic heterocycles. The molecule has 11 nitrogen and oxygen atoms in total. The first-order valence-electron chi connectivity index (χ1n) is 16.1. The Morgan fingerprint density at radius 1 is 0.651 bits per heavy atom. The fraction of sp³-hybridized carbons (Fsp3) is 0.900. The van der Waals surface area contributed by atoms with Crippen molar-refractivity contribution in [2.24, 2.45) is 5.73 Å². The van der Waals surface area contributed by atoms with Crippen molar-refractivity contribution in [2.75, 3.05) is 19.8 Å². The van der Waals surface area contributed by atoms with Crippen molar-refractivity contribution in [1.29, 1.82) is 0 Å². The van der Waals surface area contributed by atoms with E-state index < -0.39 is 51.1 Å². The summed E-state index contributed by atoms with van der Waals surface area (Å²) in [7, 11) is -4.69. The molecule has 4 N–H and O–H groups in total. The second-order valence-corrected chi connectivity index (χ2v) is 12.4. The topological polar surface area (TPSA) is 172 Å². The van der Waals surface area contributed by atoms with Gasteiger partial charge in [-0.15, -0.1) is 0 Å². The third-order valence-corrected chi connectivity index (χ3v) is 7.81. The summed E-state index contributed by atoms with van der Waals surface area (Å²) >= 11 is 0. The number of esters is 2. The van der Waals surface area contributed by atoms with E-state index in [4.69, 9.17) is 24.8 Å². The van der Waals surface area contributed by atoms with E-state index in [0.29, 0.717) is 12.8 Å². The standard InChI is InChI=1S/C30H58NO10P.Na/c1-3-5-7-9-11-13-15-17-19-21-28(32)38-23-26(24-39-42(36,37)40-25-27(31)30(34)35)41-29(33)22-20-18-16-14-12-10-8-6-4-2;/h26-27H,3-25,31H2,1-2H3,(H,34,35)(H,36,37);/q;+1/t26-,27+;/m1./s1. The number of phosphoric ester groups is 1. The van der Waals surface area contributed by atoms with E-state index in [-0.39, 0.29) is 49.0 Å². The number of nitrogens with two attached hydrogens (primary N) is 1. The SMILES string of the molecule is CCCCCCCCCCCC(=O)OC[C@H](COP(=O)(O)OC[C@H](N)C(=O)O)OC(=O)CCCCCCCCCCC.[Na+]. The fourth-order valence-corrected chi connectivity index (χ4v) is 5.02. The maximum Gasteiger partial charge on any atom is 1.00 e. The van der Waals surface area contributed by atoms with Crippen molar-refractivity contribution in [2.45, 2.75) is 154 Å². The molecule has 0 heterocycles. The molecule has 0 saturated heterocycles. The quantitative estimate of drug-likeness (QED) is 0.0448. The summed E-state index contributed by atoms with van der Waals surface area (Å²) < 4.78 is 32.3. The summed E-state index contributed by atoms with van der Waals surface area (Å²) in [5, 5.41) is 8.80. The summed E-state index contributed by atoms with van der Waals surface area (Å²) in [5.41, 5.74) is 5.28. The normalized spacial score (nSPS) is 13.9. The van der Waals surface area contributed by atoms with Crippen LogP contribution in [0.5, 0.6) is 0 Å². The Bertz CT molecular complexity index is 758. The Morgan fingerprint density at radius 3 is 1.49 bits per heavy atom. The maximum absolute atomic E-state index is 12.4. The van der Waals surface area contributed by atoms with Crippen molar-refractivity contribution in [3.05, 3.63) is 0 Å². The van der Waals surface area contributed by atoms with Crippen LogP contribution < -0.4 is 35.3 Å². The largest absolute Gasteiger partial charge is 1.00 e. The molecule has 13 heteroatoms. The molecule has 1 unspecified atom stereocenters. The van der Waals surface area contributed by atoms with Crippen molar-refractivity contribution < 1.29 is 77.0 Å². The van der Waals surface area contributed by atoms with Crippen LogP contribution >= 0.6 is 7.82 Å². The zero-order chi connectivity index (χ0) is 31.5. The van der Waals surface area contributed by atoms with Gasteiger partial charge < -0.3 is 25.2 Å². The van der Waals surface area contributed by atoms with Crippen LogP contribution in [0.2, 0.25) is 0 Å². The molecule has 0 aromatic rings. The first-order valence-corrected chi connectivity index (χ1v) is 17.6. The second-order valence-electron chi connectivity index (χ2n) is 11.0. The molecule has 0 radical (unpaired) electrons. The predicted molar refractivity (Wildman–Crippen MR) is 162 cm³/mol. The Balaban J connectivity index is 0. The van der Waals surface area contributed by atoms with E-state index in [1.165, 1.54) is 64.2 Å². The van der Waals surface area contributed by atoms with Crippen molar-refractivity contribution in [1.82, 2.24) is 0 Å². The van der Waals surface area contributed by atoms with Gasteiger partial charge in [-0.05, 0) is 12.8 Å². The number of hydrogen-bond acceptors (Lipinski definition) is 9. The molecule has 0 amide bonds. The molecule has 43 heavy (non-hydrogen) atoms. The van der Waals surface area contributed by atoms with Crippen LogP contribution in [-0.4, -0.2) is 59.9 Å². The summed E-state index contributed by atoms with van der Waals surface area (Å²) in [6, 6.07) is -1.51. The first-order chi connectivity index (χ1) is 20.1. The Morgan fingerprint density at radius 2 is 1.05 bits per heavy atom. The van der Waals surface area contributed by atoms with Crippen LogP contribution in [-0.2, 0) is 37.5 Å². The third-order valence-electron chi connectivity index (χ3n) is 6.86. The summed E-state index contributed by atoms with van der Waals surface area (Å²) in [5.74, 6) is -2.38. The van der Waals surface area contributed by atoms with Gasteiger partial charge in [0, 0.05) is 12.8 Å². The molecule has 0 aromatic carbocycles. The molecule has 0 spiro atoms. The minimum atomic E-state index is -4.69. The van der Waals surface area contributed by atoms with Gasteiger partial charge in [-0.3, -0.25) is 23.4 Å². The van der Waals surface area contributed by atoms with E-state index >= 15 is 0 Å². The Kier molecular flexibility index (Phi) is 31.3. The van der Waals surface area contributed by atoms with Crippen LogP contribution in [0.4, 0.5) is 0 Å². The van der Waals surface area contributed by atoms with Gasteiger partial charge in [0.15, 0.2) is 6.10 Å². The van der Waals surface area contributed by atoms with Crippen LogP contribution in [0.25, 0.3) is 0 Å². The molecule has 248 valence electrons. The predicted octanol–water partition coefficient (Wildman–Crippen LogP) is 3.83. The van der Waals surface area contributed by atoms with E-state index in [0.717, 1.165) is 38.5 Å². The fourth-order valence-electron chi connectivity index (χ4n) is 4.24. The van der Waals surface area contributed by atoms with Gasteiger partial charge in [-0.2, -0.15) is 0 Å². The molecule has 0 aliphatic carbocycles. The Hall–Kier alpha value is -0.520. The molecule has 0 aliphatic rings. The van der Waals surface area contributed by atoms with Crippen molar-refractivity contribution in [3.8, 4) is 0 Å². The van der Waals surface area contributed by atoms with E-state index in [1.807, 2.05) is 0 Å². The first kappa shape index (κ1) is 44.6. The van der Waals surface area contributed by atoms with Gasteiger partial charge in [-0.1, -0.05) is 117 Å². The monoisotopic (exact) mass is 646 g/mol. The van der Waals surface area contributed by atoms with Crippen molar-refractivity contribution in [3.63, 3.8) is 0 Å². The van der Waals surface area contributed by atoms with Crippen LogP contribution in [0.15, 0.2) is 0 Å². The van der Waals surface area contributed by atoms with Gasteiger partial charge in [0.05, 0.1) is 13.2 Å². The molecule has 0 fully saturated rings. The van der Waals surface area contributed by atoms with E-state index in [2.05, 4.69) is 18.4 Å². The van der Waals surface area contributed by atoms with Crippen LogP contribution in [0.3, 0.4) is 0 Å². The number of carboxylic acids is 1. The van der Waals surface area contributed by atoms with Gasteiger partial charge in [0.1, 0.15) is 12.6 Å². The average molecular weight is 647 g/mol. The summed E-state index contributed by atoms with van der Waals surface area (Å²) in [6.45, 7) is 2.71. The number of rotatable bonds is 30. The number of carbonyl (C=O) groups excluding carboxylic acids is 2. The number of carboxylic acid groups (broad SMARTS) is 1. The number of aliphatic carboxylic acids is 1. The van der Waals surface area contributed by atoms with Crippen LogP contribution in [0.1, 0.15) is 142 Å². The Labute approximate surface area is 281 Å². The van der Waals surface area contributed by atoms with E-state index in [1.54, 1.807) is 0 Å². The van der Waals surface area contributed by atoms with Crippen molar-refractivity contribution >= 4 is 25.7 Å². The minimum absolute atomic E-state index is 0. The maximum atomic E-state index is 12.4. The summed E-state index contributed by atoms with van der Waals surface area (Å²) in [4.78, 5) is 45.3. The molecule has 0 bridgehead atoms. The zero-order valence-corrected chi connectivity index (χ0v) is 30.0. The van der Waals surface area contributed by atoms with E-state index in [9.17, 15) is 23.8 Å². The summed E-state index contributed by atoms with van der Waals surface area (Å²) in [6.07, 6.45) is 19.2. The minimum Gasteiger partial charge on any atom is -0.480 e.